The predicted octanol–water partition coefficient (Wildman–Crippen LogP) is 3.80. The third kappa shape index (κ3) is 5.04. The van der Waals surface area contributed by atoms with E-state index in [2.05, 4.69) is 12.2 Å². The van der Waals surface area contributed by atoms with Crippen molar-refractivity contribution < 1.29 is 14.2 Å². The average Bonchev–Trinajstić information content (AvgIpc) is 2.53. The number of hydrogen-bond donors (Lipinski definition) is 1. The molecule has 5 heteroatoms. The lowest BCUT2D eigenvalue weighted by atomic mass is 10.1. The van der Waals surface area contributed by atoms with Crippen molar-refractivity contribution in [3.63, 3.8) is 0 Å². The fraction of sp³-hybridized carbons (Fsp3) is 0.647. The minimum atomic E-state index is 0.416. The third-order valence-corrected chi connectivity index (χ3v) is 3.86. The first-order valence-corrected chi connectivity index (χ1v) is 8.51. The molecule has 1 aromatic rings. The summed E-state index contributed by atoms with van der Waals surface area (Å²) in [6.07, 6.45) is 3.21. The van der Waals surface area contributed by atoms with Gasteiger partial charge < -0.3 is 19.5 Å². The Morgan fingerprint density at radius 3 is 2.86 bits per heavy atom. The van der Waals surface area contributed by atoms with Crippen molar-refractivity contribution in [1.82, 2.24) is 5.32 Å². The minimum Gasteiger partial charge on any atom is -0.490 e. The summed E-state index contributed by atoms with van der Waals surface area (Å²) in [5, 5.41) is 4.12. The number of benzene rings is 1. The molecule has 0 aromatic heterocycles. The molecular weight excluding hydrogens is 302 g/mol. The Morgan fingerprint density at radius 1 is 1.32 bits per heavy atom. The van der Waals surface area contributed by atoms with Gasteiger partial charge in [-0.15, -0.1) is 0 Å². The first-order chi connectivity index (χ1) is 10.7. The van der Waals surface area contributed by atoms with Gasteiger partial charge in [0.25, 0.3) is 0 Å². The van der Waals surface area contributed by atoms with E-state index >= 15 is 0 Å². The van der Waals surface area contributed by atoms with Crippen LogP contribution in [0.4, 0.5) is 0 Å². The summed E-state index contributed by atoms with van der Waals surface area (Å²) >= 11 is 6.37. The van der Waals surface area contributed by atoms with E-state index in [4.69, 9.17) is 25.8 Å². The quantitative estimate of drug-likeness (QED) is 0.788. The highest BCUT2D eigenvalue weighted by atomic mass is 35.5. The highest BCUT2D eigenvalue weighted by molar-refractivity contribution is 6.32. The Labute approximate surface area is 138 Å². The molecule has 4 nitrogen and oxygen atoms in total. The molecular formula is C17H26ClNO3. The Balaban J connectivity index is 2.04. The summed E-state index contributed by atoms with van der Waals surface area (Å²) in [4.78, 5) is 0. The van der Waals surface area contributed by atoms with Gasteiger partial charge in [-0.05, 0) is 43.9 Å². The summed E-state index contributed by atoms with van der Waals surface area (Å²) in [7, 11) is 0. The first-order valence-electron chi connectivity index (χ1n) is 8.13. The van der Waals surface area contributed by atoms with Crippen LogP contribution in [0.3, 0.4) is 0 Å². The van der Waals surface area contributed by atoms with Crippen LogP contribution in [0.1, 0.15) is 38.7 Å². The number of rotatable bonds is 8. The van der Waals surface area contributed by atoms with Crippen molar-refractivity contribution in [2.45, 2.75) is 45.7 Å². The lowest BCUT2D eigenvalue weighted by Crippen LogP contribution is -2.36. The molecule has 2 rings (SSSR count). The van der Waals surface area contributed by atoms with Crippen LogP contribution in [0, 0.1) is 0 Å². The maximum Gasteiger partial charge on any atom is 0.179 e. The zero-order valence-corrected chi connectivity index (χ0v) is 14.2. The Bertz CT molecular complexity index is 461. The zero-order valence-electron chi connectivity index (χ0n) is 13.5. The SMILES string of the molecule is CCCOc1c(Cl)cc(CNC2CCCOC2)cc1OCC. The first kappa shape index (κ1) is 17.4. The van der Waals surface area contributed by atoms with E-state index in [1.54, 1.807) is 0 Å². The molecule has 124 valence electrons. The zero-order chi connectivity index (χ0) is 15.8. The second kappa shape index (κ2) is 9.23. The van der Waals surface area contributed by atoms with Gasteiger partial charge in [-0.2, -0.15) is 0 Å². The van der Waals surface area contributed by atoms with Gasteiger partial charge in [0.2, 0.25) is 0 Å². The second-order valence-electron chi connectivity index (χ2n) is 5.48. The molecule has 1 aromatic carbocycles. The molecule has 0 spiro atoms. The maximum absolute atomic E-state index is 6.37. The van der Waals surface area contributed by atoms with Crippen LogP contribution in [0.15, 0.2) is 12.1 Å². The molecule has 1 atom stereocenters. The monoisotopic (exact) mass is 327 g/mol. The molecule has 0 amide bonds. The summed E-state index contributed by atoms with van der Waals surface area (Å²) in [5.41, 5.74) is 1.10. The third-order valence-electron chi connectivity index (χ3n) is 3.57. The molecule has 1 unspecified atom stereocenters. The molecule has 1 saturated heterocycles. The topological polar surface area (TPSA) is 39.7 Å². The molecule has 1 aliphatic heterocycles. The standard InChI is InChI=1S/C17H26ClNO3/c1-3-7-22-17-15(18)9-13(10-16(17)21-4-2)11-19-14-6-5-8-20-12-14/h9-10,14,19H,3-8,11-12H2,1-2H3. The van der Waals surface area contributed by atoms with Crippen molar-refractivity contribution in [3.8, 4) is 11.5 Å². The van der Waals surface area contributed by atoms with Crippen LogP contribution in [0.25, 0.3) is 0 Å². The van der Waals surface area contributed by atoms with Crippen molar-refractivity contribution in [1.29, 1.82) is 0 Å². The van der Waals surface area contributed by atoms with Gasteiger partial charge in [-0.3, -0.25) is 0 Å². The van der Waals surface area contributed by atoms with Gasteiger partial charge >= 0.3 is 0 Å². The number of halogens is 1. The molecule has 1 heterocycles. The van der Waals surface area contributed by atoms with Crippen LogP contribution >= 0.6 is 11.6 Å². The molecule has 22 heavy (non-hydrogen) atoms. The molecule has 1 aliphatic rings. The molecule has 0 aliphatic carbocycles. The van der Waals surface area contributed by atoms with Gasteiger partial charge in [-0.1, -0.05) is 18.5 Å². The van der Waals surface area contributed by atoms with Gasteiger partial charge in [0.05, 0.1) is 24.8 Å². The predicted molar refractivity (Wildman–Crippen MR) is 89.1 cm³/mol. The van der Waals surface area contributed by atoms with E-state index in [9.17, 15) is 0 Å². The molecule has 1 fully saturated rings. The number of nitrogens with one attached hydrogen (secondary N) is 1. The molecule has 1 N–H and O–H groups in total. The normalized spacial score (nSPS) is 18.2. The van der Waals surface area contributed by atoms with Crippen molar-refractivity contribution >= 4 is 11.6 Å². The van der Waals surface area contributed by atoms with Gasteiger partial charge in [0.15, 0.2) is 11.5 Å². The minimum absolute atomic E-state index is 0.416. The number of ether oxygens (including phenoxy) is 3. The van der Waals surface area contributed by atoms with Gasteiger partial charge in [0, 0.05) is 19.2 Å². The van der Waals surface area contributed by atoms with E-state index < -0.39 is 0 Å². The van der Waals surface area contributed by atoms with E-state index in [1.807, 2.05) is 19.1 Å². The Kier molecular flexibility index (Phi) is 7.30. The van der Waals surface area contributed by atoms with Crippen LogP contribution in [-0.2, 0) is 11.3 Å². The number of hydrogen-bond acceptors (Lipinski definition) is 4. The van der Waals surface area contributed by atoms with Crippen molar-refractivity contribution in [2.24, 2.45) is 0 Å². The van der Waals surface area contributed by atoms with Crippen LogP contribution in [-0.4, -0.2) is 32.5 Å². The average molecular weight is 328 g/mol. The van der Waals surface area contributed by atoms with Gasteiger partial charge in [0.1, 0.15) is 0 Å². The van der Waals surface area contributed by atoms with Crippen molar-refractivity contribution in [2.75, 3.05) is 26.4 Å². The Hall–Kier alpha value is -0.970. The smallest absolute Gasteiger partial charge is 0.179 e. The summed E-state index contributed by atoms with van der Waals surface area (Å²) in [5.74, 6) is 1.37. The summed E-state index contributed by atoms with van der Waals surface area (Å²) in [6, 6.07) is 4.38. The highest BCUT2D eigenvalue weighted by Gasteiger charge is 2.15. The molecule has 0 radical (unpaired) electrons. The highest BCUT2D eigenvalue weighted by Crippen LogP contribution is 2.36. The summed E-state index contributed by atoms with van der Waals surface area (Å²) in [6.45, 7) is 7.66. The van der Waals surface area contributed by atoms with Gasteiger partial charge in [-0.25, -0.2) is 0 Å². The molecule has 0 bridgehead atoms. The lowest BCUT2D eigenvalue weighted by molar-refractivity contribution is 0.0699. The van der Waals surface area contributed by atoms with E-state index in [1.165, 1.54) is 0 Å². The second-order valence-corrected chi connectivity index (χ2v) is 5.89. The fourth-order valence-electron chi connectivity index (χ4n) is 2.49. The fourth-order valence-corrected chi connectivity index (χ4v) is 2.78. The largest absolute Gasteiger partial charge is 0.490 e. The van der Waals surface area contributed by atoms with E-state index in [0.29, 0.717) is 30.0 Å². The van der Waals surface area contributed by atoms with E-state index in [-0.39, 0.29) is 0 Å². The molecule has 0 saturated carbocycles. The summed E-state index contributed by atoms with van der Waals surface area (Å²) < 4.78 is 16.9. The Morgan fingerprint density at radius 2 is 2.18 bits per heavy atom. The van der Waals surface area contributed by atoms with Crippen LogP contribution in [0.2, 0.25) is 5.02 Å². The lowest BCUT2D eigenvalue weighted by Gasteiger charge is -2.23. The van der Waals surface area contributed by atoms with Crippen LogP contribution < -0.4 is 14.8 Å². The van der Waals surface area contributed by atoms with E-state index in [0.717, 1.165) is 50.3 Å². The van der Waals surface area contributed by atoms with Crippen molar-refractivity contribution in [3.05, 3.63) is 22.7 Å². The van der Waals surface area contributed by atoms with Crippen LogP contribution in [0.5, 0.6) is 11.5 Å². The maximum atomic E-state index is 6.37.